The van der Waals surface area contributed by atoms with Crippen LogP contribution in [-0.4, -0.2) is 20.0 Å². The van der Waals surface area contributed by atoms with E-state index in [-0.39, 0.29) is 9.52 Å². The van der Waals surface area contributed by atoms with Gasteiger partial charge in [0.05, 0.1) is 9.52 Å². The van der Waals surface area contributed by atoms with Crippen LogP contribution in [0.15, 0.2) is 35.2 Å². The van der Waals surface area contributed by atoms with Crippen LogP contribution in [0.1, 0.15) is 61.8 Å². The lowest BCUT2D eigenvalue weighted by Crippen LogP contribution is -2.20. The maximum absolute atomic E-state index is 10.3. The van der Waals surface area contributed by atoms with E-state index in [9.17, 15) is 5.11 Å². The van der Waals surface area contributed by atoms with Crippen LogP contribution >= 0.6 is 11.8 Å². The molecule has 0 amide bonds. The fourth-order valence-corrected chi connectivity index (χ4v) is 7.08. The van der Waals surface area contributed by atoms with Gasteiger partial charge < -0.3 is 5.11 Å². The number of phenolic OH excluding ortho intramolecular Hbond substituents is 1. The van der Waals surface area contributed by atoms with E-state index < -0.39 is 0 Å². The zero-order valence-corrected chi connectivity index (χ0v) is 18.0. The highest BCUT2D eigenvalue weighted by Crippen LogP contribution is 2.39. The minimum absolute atomic E-state index is 0.287. The Labute approximate surface area is 153 Å². The van der Waals surface area contributed by atoms with Gasteiger partial charge in [0.1, 0.15) is 5.75 Å². The second kappa shape index (κ2) is 8.26. The maximum atomic E-state index is 10.3. The molecule has 0 aliphatic heterocycles. The van der Waals surface area contributed by atoms with E-state index in [2.05, 4.69) is 65.8 Å². The summed E-state index contributed by atoms with van der Waals surface area (Å²) < 4.78 is 0. The highest BCUT2D eigenvalue weighted by atomic mass is 32.2. The van der Waals surface area contributed by atoms with Crippen LogP contribution in [-0.2, 0) is 0 Å². The number of hydrogen-bond acceptors (Lipinski definition) is 2. The number of hydrogen-bond donors (Lipinski definition) is 1. The van der Waals surface area contributed by atoms with E-state index in [0.717, 1.165) is 5.56 Å². The van der Waals surface area contributed by atoms with Gasteiger partial charge in [-0.05, 0) is 59.9 Å². The maximum Gasteiger partial charge on any atom is 0.119 e. The van der Waals surface area contributed by atoms with Gasteiger partial charge in [0.25, 0.3) is 0 Å². The molecule has 24 heavy (non-hydrogen) atoms. The molecule has 2 aromatic carbocycles. The number of rotatable bonds is 6. The minimum atomic E-state index is -0.287. The van der Waals surface area contributed by atoms with Gasteiger partial charge in [-0.25, -0.2) is 0 Å². The van der Waals surface area contributed by atoms with E-state index in [1.165, 1.54) is 27.0 Å². The monoisotopic (exact) mass is 358 g/mol. The molecule has 3 heteroatoms. The van der Waals surface area contributed by atoms with Crippen molar-refractivity contribution in [2.24, 2.45) is 0 Å². The second-order valence-corrected chi connectivity index (χ2v) is 10.8. The molecule has 0 spiro atoms. The van der Waals surface area contributed by atoms with Crippen molar-refractivity contribution in [1.29, 1.82) is 0 Å². The average Bonchev–Trinajstić information content (AvgIpc) is 2.51. The van der Waals surface area contributed by atoms with Crippen LogP contribution in [0, 0.1) is 13.8 Å². The van der Waals surface area contributed by atoms with Crippen molar-refractivity contribution in [3.8, 4) is 5.75 Å². The predicted octanol–water partition coefficient (Wildman–Crippen LogP) is 4.80. The summed E-state index contributed by atoms with van der Waals surface area (Å²) in [5.74, 6) is 1.23. The number of thioether (sulfide) groups is 1. The van der Waals surface area contributed by atoms with Crippen molar-refractivity contribution in [1.82, 2.24) is 0 Å². The molecule has 0 saturated carbocycles. The van der Waals surface area contributed by atoms with Gasteiger partial charge in [0, 0.05) is 10.5 Å². The van der Waals surface area contributed by atoms with Gasteiger partial charge in [0.15, 0.2) is 0 Å². The molecule has 1 nitrogen and oxygen atoms in total. The Balaban J connectivity index is 2.21. The molecule has 0 bridgehead atoms. The molecule has 0 saturated heterocycles. The van der Waals surface area contributed by atoms with E-state index >= 15 is 0 Å². The third-order valence-corrected chi connectivity index (χ3v) is 8.33. The van der Waals surface area contributed by atoms with Crippen molar-refractivity contribution in [2.45, 2.75) is 58.3 Å². The number of benzene rings is 2. The van der Waals surface area contributed by atoms with Gasteiger partial charge >= 0.3 is 0 Å². The Morgan fingerprint density at radius 2 is 1.62 bits per heavy atom. The molecule has 0 unspecified atom stereocenters. The molecule has 0 aliphatic carbocycles. The molecule has 0 heterocycles. The SMILES string of the molecule is Cc1cccc([SiH2]CSc2ccc(O)c(C(C)C)c2C(C)C)c1C. The highest BCUT2D eigenvalue weighted by molar-refractivity contribution is 8.00. The summed E-state index contributed by atoms with van der Waals surface area (Å²) in [4.78, 5) is 1.35. The van der Waals surface area contributed by atoms with E-state index in [4.69, 9.17) is 0 Å². The summed E-state index contributed by atoms with van der Waals surface area (Å²) in [6, 6.07) is 10.7. The summed E-state index contributed by atoms with van der Waals surface area (Å²) in [6.07, 6.45) is 0. The quantitative estimate of drug-likeness (QED) is 0.591. The van der Waals surface area contributed by atoms with Gasteiger partial charge in [-0.1, -0.05) is 51.1 Å². The molecule has 0 aliphatic rings. The molecule has 0 fully saturated rings. The van der Waals surface area contributed by atoms with Gasteiger partial charge in [-0.3, -0.25) is 0 Å². The van der Waals surface area contributed by atoms with E-state index in [1.54, 1.807) is 5.19 Å². The lowest BCUT2D eigenvalue weighted by atomic mass is 9.90. The molecule has 130 valence electrons. The standard InChI is InChI=1S/C21H30OSSi/c1-13(2)20-17(22)10-11-18(21(20)14(3)4)23-12-24-19-9-7-8-15(5)16(19)6/h7-11,13-14,22H,12,24H2,1-6H3. The molecule has 0 aromatic heterocycles. The first-order valence-corrected chi connectivity index (χ1v) is 11.6. The zero-order chi connectivity index (χ0) is 17.9. The van der Waals surface area contributed by atoms with Crippen LogP contribution in [0.4, 0.5) is 0 Å². The third-order valence-electron chi connectivity index (χ3n) is 4.72. The minimum Gasteiger partial charge on any atom is -0.508 e. The fraction of sp³-hybridized carbons (Fsp3) is 0.429. The van der Waals surface area contributed by atoms with Crippen molar-refractivity contribution >= 4 is 26.5 Å². The molecule has 1 N–H and O–H groups in total. The van der Waals surface area contributed by atoms with Crippen molar-refractivity contribution in [3.05, 3.63) is 52.6 Å². The summed E-state index contributed by atoms with van der Waals surface area (Å²) in [7, 11) is -0.287. The summed E-state index contributed by atoms with van der Waals surface area (Å²) in [6.45, 7) is 13.2. The first-order chi connectivity index (χ1) is 11.3. The lowest BCUT2D eigenvalue weighted by molar-refractivity contribution is 0.461. The van der Waals surface area contributed by atoms with Gasteiger partial charge in [0.2, 0.25) is 0 Å². The zero-order valence-electron chi connectivity index (χ0n) is 15.8. The fourth-order valence-electron chi connectivity index (χ4n) is 3.29. The normalized spacial score (nSPS) is 12.0. The first-order valence-electron chi connectivity index (χ1n) is 8.86. The van der Waals surface area contributed by atoms with Crippen molar-refractivity contribution < 1.29 is 5.11 Å². The van der Waals surface area contributed by atoms with Crippen LogP contribution in [0.5, 0.6) is 5.75 Å². The molecular formula is C21H30OSSi. The Kier molecular flexibility index (Phi) is 6.59. The first kappa shape index (κ1) is 19.1. The van der Waals surface area contributed by atoms with Gasteiger partial charge in [-0.15, -0.1) is 11.8 Å². The smallest absolute Gasteiger partial charge is 0.119 e. The molecule has 0 radical (unpaired) electrons. The molecule has 2 aromatic rings. The Hall–Kier alpha value is -1.19. The van der Waals surface area contributed by atoms with Crippen LogP contribution < -0.4 is 5.19 Å². The topological polar surface area (TPSA) is 20.2 Å². The summed E-state index contributed by atoms with van der Waals surface area (Å²) >= 11 is 1.98. The van der Waals surface area contributed by atoms with Crippen LogP contribution in [0.2, 0.25) is 0 Å². The third kappa shape index (κ3) is 4.25. The van der Waals surface area contributed by atoms with Crippen molar-refractivity contribution in [2.75, 3.05) is 5.38 Å². The van der Waals surface area contributed by atoms with E-state index in [1.807, 2.05) is 17.8 Å². The average molecular weight is 359 g/mol. The van der Waals surface area contributed by atoms with Crippen LogP contribution in [0.3, 0.4) is 0 Å². The van der Waals surface area contributed by atoms with Crippen LogP contribution in [0.25, 0.3) is 0 Å². The molecule has 2 rings (SSSR count). The Morgan fingerprint density at radius 1 is 0.958 bits per heavy atom. The Bertz CT molecular complexity index is 707. The number of aromatic hydroxyl groups is 1. The van der Waals surface area contributed by atoms with Crippen molar-refractivity contribution in [3.63, 3.8) is 0 Å². The lowest BCUT2D eigenvalue weighted by Gasteiger charge is -2.21. The number of aryl methyl sites for hydroxylation is 1. The highest BCUT2D eigenvalue weighted by Gasteiger charge is 2.18. The molecule has 0 atom stereocenters. The largest absolute Gasteiger partial charge is 0.508 e. The number of phenols is 1. The molecular weight excluding hydrogens is 328 g/mol. The van der Waals surface area contributed by atoms with E-state index in [0.29, 0.717) is 17.6 Å². The second-order valence-electron chi connectivity index (χ2n) is 7.18. The predicted molar refractivity (Wildman–Crippen MR) is 111 cm³/mol. The Morgan fingerprint density at radius 3 is 2.25 bits per heavy atom. The summed E-state index contributed by atoms with van der Waals surface area (Å²) in [5, 5.41) is 13.1. The van der Waals surface area contributed by atoms with Gasteiger partial charge in [-0.2, -0.15) is 0 Å². The summed E-state index contributed by atoms with van der Waals surface area (Å²) in [5.41, 5.74) is 5.34.